The highest BCUT2D eigenvalue weighted by Gasteiger charge is 2.60. The van der Waals surface area contributed by atoms with Crippen LogP contribution in [0.15, 0.2) is 18.2 Å². The first-order valence-corrected chi connectivity index (χ1v) is 17.4. The molecule has 0 aromatic heterocycles. The van der Waals surface area contributed by atoms with Crippen molar-refractivity contribution in [2.24, 2.45) is 23.2 Å². The van der Waals surface area contributed by atoms with Gasteiger partial charge in [-0.2, -0.15) is 33.7 Å². The molecule has 0 spiro atoms. The molecule has 1 aromatic carbocycles. The number of aliphatic hydroxyl groups excluding tert-OH is 1. The second-order valence-electron chi connectivity index (χ2n) is 13.9. The van der Waals surface area contributed by atoms with Gasteiger partial charge in [0.25, 0.3) is 0 Å². The standard InChI is InChI=1S/C33H47F6NO2S/c1-31-19-27(34)30-25-10-9-24(41)18-22(25)17-21(29(30)26(31)11-12-28(31)42)7-3-2-4-14-40-15-5-8-23(40)20-43-16-6-13-32(35,36)33(37,38)39/h9-10,18,21,23,26-30,41-42H,2-8,11-17,19-20H2,1H3/t21-,23+,26+,27+,28+,29+,30+,31+/m1/s1. The van der Waals surface area contributed by atoms with E-state index in [1.54, 1.807) is 6.07 Å². The number of nitrogens with zero attached hydrogens (tertiary/aromatic N) is 1. The quantitative estimate of drug-likeness (QED) is 0.179. The summed E-state index contributed by atoms with van der Waals surface area (Å²) in [6, 6.07) is 5.75. The number of rotatable bonds is 12. The first-order valence-electron chi connectivity index (χ1n) is 16.2. The molecule has 0 radical (unpaired) electrons. The number of aliphatic hydroxyl groups is 1. The van der Waals surface area contributed by atoms with Crippen LogP contribution in [0.5, 0.6) is 5.75 Å². The Balaban J connectivity index is 1.10. The molecule has 5 rings (SSSR count). The van der Waals surface area contributed by atoms with E-state index in [4.69, 9.17) is 0 Å². The Bertz CT molecular complexity index is 1090. The number of hydrogen-bond acceptors (Lipinski definition) is 4. The lowest BCUT2D eigenvalue weighted by Crippen LogP contribution is -2.51. The predicted octanol–water partition coefficient (Wildman–Crippen LogP) is 8.52. The highest BCUT2D eigenvalue weighted by molar-refractivity contribution is 7.99. The first-order chi connectivity index (χ1) is 20.3. The van der Waals surface area contributed by atoms with Gasteiger partial charge < -0.3 is 10.2 Å². The molecular formula is C33H47F6NO2S. The van der Waals surface area contributed by atoms with Gasteiger partial charge in [0.2, 0.25) is 0 Å². The lowest BCUT2D eigenvalue weighted by atomic mass is 9.51. The summed E-state index contributed by atoms with van der Waals surface area (Å²) in [4.78, 5) is 2.44. The fourth-order valence-electron chi connectivity index (χ4n) is 9.07. The fourth-order valence-corrected chi connectivity index (χ4v) is 10.2. The number of phenols is 1. The number of likely N-dealkylation sites (tertiary alicyclic amines) is 1. The zero-order valence-corrected chi connectivity index (χ0v) is 25.9. The minimum atomic E-state index is -5.47. The highest BCUT2D eigenvalue weighted by Crippen LogP contribution is 2.63. The third kappa shape index (κ3) is 7.01. The molecule has 43 heavy (non-hydrogen) atoms. The Kier molecular flexibility index (Phi) is 10.3. The number of benzene rings is 1. The lowest BCUT2D eigenvalue weighted by Gasteiger charge is -2.54. The molecule has 244 valence electrons. The summed E-state index contributed by atoms with van der Waals surface area (Å²) in [5.74, 6) is -2.70. The summed E-state index contributed by atoms with van der Waals surface area (Å²) in [7, 11) is 0. The number of alkyl halides is 6. The van der Waals surface area contributed by atoms with Gasteiger partial charge in [-0.05, 0) is 123 Å². The van der Waals surface area contributed by atoms with Gasteiger partial charge >= 0.3 is 12.1 Å². The van der Waals surface area contributed by atoms with Gasteiger partial charge in [-0.25, -0.2) is 4.39 Å². The molecule has 2 saturated carbocycles. The zero-order chi connectivity index (χ0) is 31.0. The van der Waals surface area contributed by atoms with Crippen molar-refractivity contribution in [1.29, 1.82) is 0 Å². The van der Waals surface area contributed by atoms with Crippen LogP contribution in [0.1, 0.15) is 94.6 Å². The average Bonchev–Trinajstić information content (AvgIpc) is 3.50. The second-order valence-corrected chi connectivity index (χ2v) is 15.1. The molecule has 1 aliphatic heterocycles. The van der Waals surface area contributed by atoms with Gasteiger partial charge in [0.15, 0.2) is 0 Å². The van der Waals surface area contributed by atoms with E-state index < -0.39 is 30.8 Å². The Morgan fingerprint density at radius 3 is 2.60 bits per heavy atom. The molecule has 0 unspecified atom stereocenters. The van der Waals surface area contributed by atoms with Gasteiger partial charge in [-0.3, -0.25) is 4.90 Å². The topological polar surface area (TPSA) is 43.7 Å². The Labute approximate surface area is 256 Å². The minimum absolute atomic E-state index is 0.154. The predicted molar refractivity (Wildman–Crippen MR) is 159 cm³/mol. The summed E-state index contributed by atoms with van der Waals surface area (Å²) in [6.45, 7) is 4.03. The Morgan fingerprint density at radius 1 is 1.05 bits per heavy atom. The summed E-state index contributed by atoms with van der Waals surface area (Å²) < 4.78 is 79.3. The third-order valence-electron chi connectivity index (χ3n) is 11.3. The maximum Gasteiger partial charge on any atom is 0.453 e. The molecule has 3 nitrogen and oxygen atoms in total. The summed E-state index contributed by atoms with van der Waals surface area (Å²) in [5, 5.41) is 21.0. The number of thioether (sulfide) groups is 1. The normalized spacial score (nSPS) is 34.7. The molecule has 0 amide bonds. The number of fused-ring (bicyclic) bond motifs is 5. The average molecular weight is 636 g/mol. The van der Waals surface area contributed by atoms with E-state index in [0.29, 0.717) is 30.1 Å². The molecule has 1 saturated heterocycles. The zero-order valence-electron chi connectivity index (χ0n) is 25.1. The van der Waals surface area contributed by atoms with Crippen LogP contribution in [0.3, 0.4) is 0 Å². The molecule has 3 aliphatic carbocycles. The molecular weight excluding hydrogens is 588 g/mol. The van der Waals surface area contributed by atoms with E-state index in [-0.39, 0.29) is 29.4 Å². The van der Waals surface area contributed by atoms with E-state index in [1.807, 2.05) is 12.1 Å². The SMILES string of the molecule is C[C@]12C[C@H](F)[C@@H]3c4ccc(O)cc4C[C@@H](CCCCCN4CCC[C@H]4CSCCCC(F)(F)C(F)(F)F)[C@H]3[C@@H]1CC[C@@H]2O. The number of halogens is 6. The highest BCUT2D eigenvalue weighted by atomic mass is 32.2. The molecule has 1 heterocycles. The van der Waals surface area contributed by atoms with Crippen molar-refractivity contribution in [3.8, 4) is 5.75 Å². The largest absolute Gasteiger partial charge is 0.508 e. The monoisotopic (exact) mass is 635 g/mol. The van der Waals surface area contributed by atoms with Crippen LogP contribution in [-0.2, 0) is 6.42 Å². The Hall–Kier alpha value is -1.13. The molecule has 1 aromatic rings. The van der Waals surface area contributed by atoms with Gasteiger partial charge in [-0.15, -0.1) is 0 Å². The van der Waals surface area contributed by atoms with E-state index in [1.165, 1.54) is 11.8 Å². The summed E-state index contributed by atoms with van der Waals surface area (Å²) in [5.41, 5.74) is 1.73. The van der Waals surface area contributed by atoms with Gasteiger partial charge in [-0.1, -0.05) is 25.8 Å². The Morgan fingerprint density at radius 2 is 1.84 bits per heavy atom. The van der Waals surface area contributed by atoms with Crippen LogP contribution in [0.4, 0.5) is 26.3 Å². The summed E-state index contributed by atoms with van der Waals surface area (Å²) >= 11 is 1.47. The smallest absolute Gasteiger partial charge is 0.453 e. The van der Waals surface area contributed by atoms with Gasteiger partial charge in [0, 0.05) is 24.1 Å². The molecule has 4 aliphatic rings. The maximum atomic E-state index is 16.0. The first kappa shape index (κ1) is 33.2. The molecule has 2 N–H and O–H groups in total. The molecule has 3 fully saturated rings. The van der Waals surface area contributed by atoms with Crippen LogP contribution in [-0.4, -0.2) is 70.1 Å². The molecule has 0 bridgehead atoms. The van der Waals surface area contributed by atoms with E-state index in [2.05, 4.69) is 11.8 Å². The van der Waals surface area contributed by atoms with Crippen LogP contribution in [0, 0.1) is 23.2 Å². The molecule has 8 atom stereocenters. The number of phenolic OH excluding ortho intramolecular Hbond substituents is 1. The van der Waals surface area contributed by atoms with Crippen molar-refractivity contribution in [2.75, 3.05) is 24.6 Å². The van der Waals surface area contributed by atoms with Crippen LogP contribution >= 0.6 is 11.8 Å². The van der Waals surface area contributed by atoms with Crippen molar-refractivity contribution >= 4 is 11.8 Å². The van der Waals surface area contributed by atoms with Crippen molar-refractivity contribution in [3.05, 3.63) is 29.3 Å². The van der Waals surface area contributed by atoms with Crippen molar-refractivity contribution in [2.45, 2.75) is 120 Å². The maximum absolute atomic E-state index is 16.0. The van der Waals surface area contributed by atoms with Crippen LogP contribution in [0.2, 0.25) is 0 Å². The van der Waals surface area contributed by atoms with Gasteiger partial charge in [0.05, 0.1) is 6.10 Å². The van der Waals surface area contributed by atoms with Crippen LogP contribution < -0.4 is 0 Å². The van der Waals surface area contributed by atoms with Crippen LogP contribution in [0.25, 0.3) is 0 Å². The molecule has 10 heteroatoms. The second kappa shape index (κ2) is 13.3. The third-order valence-corrected chi connectivity index (χ3v) is 12.5. The fraction of sp³-hybridized carbons (Fsp3) is 0.818. The van der Waals surface area contributed by atoms with E-state index in [0.717, 1.165) is 87.8 Å². The van der Waals surface area contributed by atoms with Gasteiger partial charge in [0.1, 0.15) is 11.9 Å². The van der Waals surface area contributed by atoms with Crippen molar-refractivity contribution < 1.29 is 36.6 Å². The number of unbranched alkanes of at least 4 members (excludes halogenated alkanes) is 2. The minimum Gasteiger partial charge on any atom is -0.508 e. The van der Waals surface area contributed by atoms with Crippen molar-refractivity contribution in [3.63, 3.8) is 0 Å². The van der Waals surface area contributed by atoms with E-state index >= 15 is 4.39 Å². The lowest BCUT2D eigenvalue weighted by molar-refractivity contribution is -0.284. The van der Waals surface area contributed by atoms with E-state index in [9.17, 15) is 32.2 Å². The van der Waals surface area contributed by atoms with Crippen molar-refractivity contribution in [1.82, 2.24) is 4.90 Å². The summed E-state index contributed by atoms with van der Waals surface area (Å²) in [6.07, 6.45) is 0.873. The number of hydrogen-bond donors (Lipinski definition) is 2. The number of aromatic hydroxyl groups is 1.